The first-order chi connectivity index (χ1) is 4.97. The molecule has 0 saturated heterocycles. The fraction of sp³-hybridized carbons (Fsp3) is 0.167. The van der Waals surface area contributed by atoms with Crippen LogP contribution in [0.15, 0.2) is 25.0 Å². The molecule has 0 spiro atoms. The van der Waals surface area contributed by atoms with Crippen molar-refractivity contribution in [1.82, 2.24) is 9.55 Å². The van der Waals surface area contributed by atoms with Crippen molar-refractivity contribution in [3.8, 4) is 0 Å². The van der Waals surface area contributed by atoms with Crippen LogP contribution in [0.1, 0.15) is 0 Å². The zero-order chi connectivity index (χ0) is 6.81. The van der Waals surface area contributed by atoms with Crippen LogP contribution >= 0.6 is 0 Å². The molecule has 0 amide bonds. The van der Waals surface area contributed by atoms with Crippen molar-refractivity contribution in [3.63, 3.8) is 0 Å². The monoisotopic (exact) mass is 137 g/mol. The van der Waals surface area contributed by atoms with E-state index in [0.29, 0.717) is 6.73 Å². The van der Waals surface area contributed by atoms with Crippen LogP contribution in [0.4, 0.5) is 5.82 Å². The summed E-state index contributed by atoms with van der Waals surface area (Å²) in [5, 5.41) is 3.00. The van der Waals surface area contributed by atoms with Gasteiger partial charge in [-0.15, -0.1) is 0 Å². The molecule has 0 radical (unpaired) electrons. The molecule has 0 atom stereocenters. The Morgan fingerprint density at radius 1 is 1.70 bits per heavy atom. The second-order valence-corrected chi connectivity index (χ2v) is 1.99. The molecule has 0 saturated carbocycles. The third-order valence-electron chi connectivity index (χ3n) is 1.32. The van der Waals surface area contributed by atoms with E-state index in [0.717, 1.165) is 5.82 Å². The molecule has 4 heteroatoms. The van der Waals surface area contributed by atoms with Crippen LogP contribution in [0.5, 0.6) is 0 Å². The van der Waals surface area contributed by atoms with Crippen LogP contribution in [-0.2, 0) is 11.5 Å². The molecule has 0 aliphatic carbocycles. The first-order valence-corrected chi connectivity index (χ1v) is 3.00. The number of aromatic nitrogens is 2. The Balaban J connectivity index is 2.37. The predicted octanol–water partition coefficient (Wildman–Crippen LogP) is 0.754. The predicted molar refractivity (Wildman–Crippen MR) is 36.1 cm³/mol. The molecule has 4 nitrogen and oxygen atoms in total. The number of fused-ring (bicyclic) bond motifs is 1. The Kier molecular flexibility index (Phi) is 1.10. The van der Waals surface area contributed by atoms with E-state index in [1.807, 2.05) is 4.57 Å². The normalized spacial score (nSPS) is 14.8. The summed E-state index contributed by atoms with van der Waals surface area (Å²) in [5.41, 5.74) is 0. The third-order valence-corrected chi connectivity index (χ3v) is 1.32. The first kappa shape index (κ1) is 5.34. The molecule has 0 unspecified atom stereocenters. The van der Waals surface area contributed by atoms with Gasteiger partial charge in [0.2, 0.25) is 0 Å². The van der Waals surface area contributed by atoms with E-state index in [1.165, 1.54) is 0 Å². The standard InChI is InChI=1S/C6H7N3O/c1-2-10-5-9-4-7-3-6(9)8-1/h1-4,8H,5H2. The van der Waals surface area contributed by atoms with Crippen molar-refractivity contribution >= 4 is 5.82 Å². The first-order valence-electron chi connectivity index (χ1n) is 3.00. The third kappa shape index (κ3) is 0.737. The van der Waals surface area contributed by atoms with E-state index in [1.54, 1.807) is 25.0 Å². The Morgan fingerprint density at radius 2 is 2.70 bits per heavy atom. The molecule has 2 heterocycles. The fourth-order valence-electron chi connectivity index (χ4n) is 0.835. The molecule has 2 rings (SSSR count). The number of rotatable bonds is 0. The second-order valence-electron chi connectivity index (χ2n) is 1.99. The average Bonchev–Trinajstić information content (AvgIpc) is 2.28. The second kappa shape index (κ2) is 2.06. The molecule has 10 heavy (non-hydrogen) atoms. The van der Waals surface area contributed by atoms with E-state index >= 15 is 0 Å². The highest BCUT2D eigenvalue weighted by Crippen LogP contribution is 2.08. The van der Waals surface area contributed by atoms with E-state index in [-0.39, 0.29) is 0 Å². The van der Waals surface area contributed by atoms with Gasteiger partial charge in [0.15, 0.2) is 6.73 Å². The quantitative estimate of drug-likeness (QED) is 0.573. The maximum absolute atomic E-state index is 5.06. The zero-order valence-corrected chi connectivity index (χ0v) is 5.32. The summed E-state index contributed by atoms with van der Waals surface area (Å²) >= 11 is 0. The number of nitrogens with zero attached hydrogens (tertiary/aromatic N) is 2. The van der Waals surface area contributed by atoms with Crippen molar-refractivity contribution in [2.24, 2.45) is 0 Å². The summed E-state index contributed by atoms with van der Waals surface area (Å²) in [4.78, 5) is 3.93. The fourth-order valence-corrected chi connectivity index (χ4v) is 0.835. The lowest BCUT2D eigenvalue weighted by Gasteiger charge is -2.00. The van der Waals surface area contributed by atoms with Gasteiger partial charge in [-0.1, -0.05) is 0 Å². The lowest BCUT2D eigenvalue weighted by Crippen LogP contribution is -1.98. The summed E-state index contributed by atoms with van der Waals surface area (Å²) < 4.78 is 6.93. The van der Waals surface area contributed by atoms with Gasteiger partial charge in [-0.25, -0.2) is 4.98 Å². The summed E-state index contributed by atoms with van der Waals surface area (Å²) in [7, 11) is 0. The summed E-state index contributed by atoms with van der Waals surface area (Å²) in [6, 6.07) is 0. The lowest BCUT2D eigenvalue weighted by molar-refractivity contribution is 0.180. The molecule has 0 aromatic carbocycles. The molecule has 1 aromatic rings. The van der Waals surface area contributed by atoms with Crippen LogP contribution in [0.3, 0.4) is 0 Å². The SMILES string of the molecule is C1=COCn2cncc2N1. The smallest absolute Gasteiger partial charge is 0.166 e. The molecule has 0 bridgehead atoms. The maximum atomic E-state index is 5.06. The van der Waals surface area contributed by atoms with Crippen molar-refractivity contribution < 1.29 is 4.74 Å². The van der Waals surface area contributed by atoms with Crippen LogP contribution < -0.4 is 5.32 Å². The van der Waals surface area contributed by atoms with Crippen molar-refractivity contribution in [2.45, 2.75) is 6.73 Å². The van der Waals surface area contributed by atoms with E-state index in [2.05, 4.69) is 10.3 Å². The molecule has 1 aliphatic heterocycles. The minimum Gasteiger partial charge on any atom is -0.479 e. The lowest BCUT2D eigenvalue weighted by atomic mass is 10.7. The van der Waals surface area contributed by atoms with E-state index in [9.17, 15) is 0 Å². The number of anilines is 1. The Bertz CT molecular complexity index is 253. The highest BCUT2D eigenvalue weighted by atomic mass is 16.5. The topological polar surface area (TPSA) is 39.1 Å². The van der Waals surface area contributed by atoms with Crippen molar-refractivity contribution in [2.75, 3.05) is 5.32 Å². The van der Waals surface area contributed by atoms with Gasteiger partial charge in [0.25, 0.3) is 0 Å². The maximum Gasteiger partial charge on any atom is 0.166 e. The molecule has 0 fully saturated rings. The van der Waals surface area contributed by atoms with Gasteiger partial charge in [-0.2, -0.15) is 0 Å². The van der Waals surface area contributed by atoms with Crippen LogP contribution in [0, 0.1) is 0 Å². The summed E-state index contributed by atoms with van der Waals surface area (Å²) in [5.74, 6) is 0.953. The number of imidazole rings is 1. The molecule has 1 aromatic heterocycles. The highest BCUT2D eigenvalue weighted by Gasteiger charge is 2.00. The van der Waals surface area contributed by atoms with E-state index < -0.39 is 0 Å². The minimum absolute atomic E-state index is 0.527. The number of hydrogen-bond donors (Lipinski definition) is 1. The average molecular weight is 137 g/mol. The van der Waals surface area contributed by atoms with Gasteiger partial charge in [0.05, 0.1) is 12.5 Å². The highest BCUT2D eigenvalue weighted by molar-refractivity contribution is 5.36. The minimum atomic E-state index is 0.527. The number of hydrogen-bond acceptors (Lipinski definition) is 3. The molecule has 1 N–H and O–H groups in total. The van der Waals surface area contributed by atoms with Crippen molar-refractivity contribution in [1.29, 1.82) is 0 Å². The molecular formula is C6H7N3O. The zero-order valence-electron chi connectivity index (χ0n) is 5.32. The molecular weight excluding hydrogens is 130 g/mol. The Morgan fingerprint density at radius 3 is 3.70 bits per heavy atom. The van der Waals surface area contributed by atoms with Crippen molar-refractivity contribution in [3.05, 3.63) is 25.0 Å². The summed E-state index contributed by atoms with van der Waals surface area (Å²) in [6.07, 6.45) is 6.82. The van der Waals surface area contributed by atoms with Crippen LogP contribution in [-0.4, -0.2) is 9.55 Å². The number of nitrogens with one attached hydrogen (secondary N) is 1. The Labute approximate surface area is 58.1 Å². The van der Waals surface area contributed by atoms with Gasteiger partial charge >= 0.3 is 0 Å². The van der Waals surface area contributed by atoms with Crippen LogP contribution in [0.2, 0.25) is 0 Å². The van der Waals surface area contributed by atoms with E-state index in [4.69, 9.17) is 4.74 Å². The van der Waals surface area contributed by atoms with Crippen LogP contribution in [0.25, 0.3) is 0 Å². The van der Waals surface area contributed by atoms with Gasteiger partial charge in [0, 0.05) is 6.20 Å². The summed E-state index contributed by atoms with van der Waals surface area (Å²) in [6.45, 7) is 0.527. The van der Waals surface area contributed by atoms with Gasteiger partial charge in [-0.3, -0.25) is 4.57 Å². The largest absolute Gasteiger partial charge is 0.479 e. The van der Waals surface area contributed by atoms with Gasteiger partial charge in [-0.05, 0) is 0 Å². The molecule has 52 valence electrons. The Hall–Kier alpha value is -1.45. The van der Waals surface area contributed by atoms with Gasteiger partial charge in [0.1, 0.15) is 12.1 Å². The number of ether oxygens (including phenoxy) is 1. The van der Waals surface area contributed by atoms with Gasteiger partial charge < -0.3 is 10.1 Å². The molecule has 1 aliphatic rings.